The SMILES string of the molecule is CCOC(C)(C)CNC(=O)C(C(N)=S)C(C)C. The number of hydrogen-bond donors (Lipinski definition) is 2. The first-order valence-corrected chi connectivity index (χ1v) is 6.33. The molecule has 1 atom stereocenters. The Hall–Kier alpha value is -0.680. The fourth-order valence-corrected chi connectivity index (χ4v) is 1.99. The summed E-state index contributed by atoms with van der Waals surface area (Å²) >= 11 is 4.91. The van der Waals surface area contributed by atoms with E-state index >= 15 is 0 Å². The Labute approximate surface area is 109 Å². The minimum Gasteiger partial charge on any atom is -0.393 e. The van der Waals surface area contributed by atoms with Crippen LogP contribution in [0.3, 0.4) is 0 Å². The average Bonchev–Trinajstić information content (AvgIpc) is 2.13. The van der Waals surface area contributed by atoms with Crippen molar-refractivity contribution in [3.8, 4) is 0 Å². The molecular weight excluding hydrogens is 236 g/mol. The van der Waals surface area contributed by atoms with Gasteiger partial charge in [-0.3, -0.25) is 4.79 Å². The molecule has 17 heavy (non-hydrogen) atoms. The summed E-state index contributed by atoms with van der Waals surface area (Å²) in [6.45, 7) is 10.7. The van der Waals surface area contributed by atoms with Crippen molar-refractivity contribution in [2.24, 2.45) is 17.6 Å². The number of rotatable bonds is 7. The second-order valence-corrected chi connectivity index (χ2v) is 5.51. The highest BCUT2D eigenvalue weighted by Gasteiger charge is 2.27. The lowest BCUT2D eigenvalue weighted by Crippen LogP contribution is -2.46. The van der Waals surface area contributed by atoms with Crippen molar-refractivity contribution in [3.05, 3.63) is 0 Å². The molecule has 0 aromatic heterocycles. The van der Waals surface area contributed by atoms with Gasteiger partial charge in [-0.25, -0.2) is 0 Å². The Balaban J connectivity index is 4.38. The fraction of sp³-hybridized carbons (Fsp3) is 0.833. The fourth-order valence-electron chi connectivity index (χ4n) is 1.61. The van der Waals surface area contributed by atoms with E-state index < -0.39 is 5.92 Å². The second kappa shape index (κ2) is 6.91. The molecule has 0 rings (SSSR count). The van der Waals surface area contributed by atoms with Gasteiger partial charge in [-0.2, -0.15) is 0 Å². The number of hydrogen-bond acceptors (Lipinski definition) is 3. The third kappa shape index (κ3) is 5.98. The van der Waals surface area contributed by atoms with E-state index in [4.69, 9.17) is 22.7 Å². The molecule has 0 saturated carbocycles. The van der Waals surface area contributed by atoms with E-state index in [0.717, 1.165) is 0 Å². The molecule has 0 aromatic carbocycles. The van der Waals surface area contributed by atoms with E-state index in [1.165, 1.54) is 0 Å². The van der Waals surface area contributed by atoms with Crippen molar-refractivity contribution >= 4 is 23.1 Å². The van der Waals surface area contributed by atoms with Gasteiger partial charge in [0.25, 0.3) is 0 Å². The van der Waals surface area contributed by atoms with Gasteiger partial charge >= 0.3 is 0 Å². The molecule has 0 aliphatic heterocycles. The zero-order valence-electron chi connectivity index (χ0n) is 11.4. The van der Waals surface area contributed by atoms with Crippen molar-refractivity contribution in [2.75, 3.05) is 13.2 Å². The molecule has 0 aliphatic carbocycles. The van der Waals surface area contributed by atoms with Gasteiger partial charge in [0.2, 0.25) is 5.91 Å². The Bertz CT molecular complexity index is 278. The van der Waals surface area contributed by atoms with Crippen LogP contribution in [-0.4, -0.2) is 29.6 Å². The van der Waals surface area contributed by atoms with Crippen molar-refractivity contribution in [2.45, 2.75) is 40.2 Å². The molecule has 5 heteroatoms. The van der Waals surface area contributed by atoms with Crippen molar-refractivity contribution in [1.82, 2.24) is 5.32 Å². The van der Waals surface area contributed by atoms with Gasteiger partial charge in [0.15, 0.2) is 0 Å². The van der Waals surface area contributed by atoms with E-state index in [9.17, 15) is 4.79 Å². The predicted octanol–water partition coefficient (Wildman–Crippen LogP) is 1.48. The standard InChI is InChI=1S/C12H24N2O2S/c1-6-16-12(4,5)7-14-11(15)9(8(2)3)10(13)17/h8-9H,6-7H2,1-5H3,(H2,13,17)(H,14,15). The van der Waals surface area contributed by atoms with Crippen LogP contribution in [0.25, 0.3) is 0 Å². The summed E-state index contributed by atoms with van der Waals surface area (Å²) in [5.74, 6) is -0.439. The summed E-state index contributed by atoms with van der Waals surface area (Å²) in [5.41, 5.74) is 5.20. The molecule has 1 amide bonds. The lowest BCUT2D eigenvalue weighted by Gasteiger charge is -2.27. The van der Waals surface area contributed by atoms with Gasteiger partial charge < -0.3 is 15.8 Å². The lowest BCUT2D eigenvalue weighted by molar-refractivity contribution is -0.125. The van der Waals surface area contributed by atoms with E-state index in [1.54, 1.807) is 0 Å². The van der Waals surface area contributed by atoms with Crippen LogP contribution in [0.2, 0.25) is 0 Å². The Morgan fingerprint density at radius 2 is 2.00 bits per heavy atom. The highest BCUT2D eigenvalue weighted by molar-refractivity contribution is 7.80. The summed E-state index contributed by atoms with van der Waals surface area (Å²) < 4.78 is 5.50. The third-order valence-corrected chi connectivity index (χ3v) is 2.73. The molecule has 0 saturated heterocycles. The summed E-state index contributed by atoms with van der Waals surface area (Å²) in [6, 6.07) is 0. The minimum absolute atomic E-state index is 0.0997. The van der Waals surface area contributed by atoms with Crippen LogP contribution < -0.4 is 11.1 Å². The van der Waals surface area contributed by atoms with Crippen LogP contribution in [0.4, 0.5) is 0 Å². The smallest absolute Gasteiger partial charge is 0.230 e. The zero-order valence-corrected chi connectivity index (χ0v) is 12.2. The average molecular weight is 260 g/mol. The maximum atomic E-state index is 11.9. The van der Waals surface area contributed by atoms with E-state index in [2.05, 4.69) is 5.32 Å². The zero-order chi connectivity index (χ0) is 13.6. The maximum absolute atomic E-state index is 11.9. The number of carbonyl (C=O) groups is 1. The van der Waals surface area contributed by atoms with Gasteiger partial charge in [0.05, 0.1) is 16.5 Å². The van der Waals surface area contributed by atoms with E-state index in [-0.39, 0.29) is 22.4 Å². The van der Waals surface area contributed by atoms with Crippen LogP contribution in [0.5, 0.6) is 0 Å². The van der Waals surface area contributed by atoms with Crippen LogP contribution in [0.15, 0.2) is 0 Å². The van der Waals surface area contributed by atoms with E-state index in [1.807, 2.05) is 34.6 Å². The van der Waals surface area contributed by atoms with Crippen LogP contribution in [0, 0.1) is 11.8 Å². The van der Waals surface area contributed by atoms with Gasteiger partial charge in [-0.1, -0.05) is 26.1 Å². The molecule has 1 unspecified atom stereocenters. The first kappa shape index (κ1) is 16.3. The van der Waals surface area contributed by atoms with Crippen molar-refractivity contribution in [3.63, 3.8) is 0 Å². The maximum Gasteiger partial charge on any atom is 0.230 e. The number of nitrogens with one attached hydrogen (secondary N) is 1. The first-order chi connectivity index (χ1) is 7.71. The number of amides is 1. The molecule has 0 radical (unpaired) electrons. The number of nitrogens with two attached hydrogens (primary N) is 1. The Morgan fingerprint density at radius 3 is 2.35 bits per heavy atom. The normalized spacial score (nSPS) is 13.5. The molecule has 0 bridgehead atoms. The van der Waals surface area contributed by atoms with E-state index in [0.29, 0.717) is 13.2 Å². The van der Waals surface area contributed by atoms with Gasteiger partial charge in [0, 0.05) is 13.2 Å². The predicted molar refractivity (Wildman–Crippen MR) is 73.8 cm³/mol. The number of carbonyl (C=O) groups excluding carboxylic acids is 1. The third-order valence-electron chi connectivity index (χ3n) is 2.48. The quantitative estimate of drug-likeness (QED) is 0.681. The van der Waals surface area contributed by atoms with Crippen molar-refractivity contribution < 1.29 is 9.53 Å². The molecule has 4 nitrogen and oxygen atoms in total. The summed E-state index contributed by atoms with van der Waals surface area (Å²) in [7, 11) is 0. The minimum atomic E-state index is -0.414. The Morgan fingerprint density at radius 1 is 1.47 bits per heavy atom. The monoisotopic (exact) mass is 260 g/mol. The van der Waals surface area contributed by atoms with Gasteiger partial charge in [-0.05, 0) is 26.7 Å². The highest BCUT2D eigenvalue weighted by Crippen LogP contribution is 2.13. The molecular formula is C12H24N2O2S. The summed E-state index contributed by atoms with van der Waals surface area (Å²) in [4.78, 5) is 12.2. The van der Waals surface area contributed by atoms with Crippen molar-refractivity contribution in [1.29, 1.82) is 0 Å². The second-order valence-electron chi connectivity index (χ2n) is 5.03. The molecule has 0 spiro atoms. The first-order valence-electron chi connectivity index (χ1n) is 5.92. The largest absolute Gasteiger partial charge is 0.393 e. The molecule has 0 heterocycles. The lowest BCUT2D eigenvalue weighted by atomic mass is 9.94. The molecule has 0 fully saturated rings. The highest BCUT2D eigenvalue weighted by atomic mass is 32.1. The van der Waals surface area contributed by atoms with Crippen LogP contribution in [0.1, 0.15) is 34.6 Å². The Kier molecular flexibility index (Phi) is 6.64. The summed E-state index contributed by atoms with van der Waals surface area (Å²) in [6.07, 6.45) is 0. The van der Waals surface area contributed by atoms with Gasteiger partial charge in [-0.15, -0.1) is 0 Å². The topological polar surface area (TPSA) is 64.3 Å². The summed E-state index contributed by atoms with van der Waals surface area (Å²) in [5, 5.41) is 2.84. The molecule has 0 aromatic rings. The van der Waals surface area contributed by atoms with Crippen LogP contribution >= 0.6 is 12.2 Å². The molecule has 100 valence electrons. The molecule has 0 aliphatic rings. The number of ether oxygens (including phenoxy) is 1. The molecule has 3 N–H and O–H groups in total. The number of thiocarbonyl (C=S) groups is 1. The van der Waals surface area contributed by atoms with Gasteiger partial charge in [0.1, 0.15) is 0 Å². The van der Waals surface area contributed by atoms with Crippen LogP contribution in [-0.2, 0) is 9.53 Å².